The molecule has 2 rings (SSSR count). The predicted octanol–water partition coefficient (Wildman–Crippen LogP) is 3.35. The molecule has 23 heavy (non-hydrogen) atoms. The maximum absolute atomic E-state index is 12.8. The fourth-order valence-corrected chi connectivity index (χ4v) is 3.29. The number of amides is 1. The molecule has 0 fully saturated rings. The number of ether oxygens (including phenoxy) is 3. The second kappa shape index (κ2) is 7.37. The van der Waals surface area contributed by atoms with Gasteiger partial charge in [-0.05, 0) is 36.1 Å². The number of nitrogens with zero attached hydrogens (tertiary/aromatic N) is 1. The summed E-state index contributed by atoms with van der Waals surface area (Å²) in [7, 11) is 6.35. The SMILES string of the molecule is COc1ccc(C(=O)N(C)Cc2sccc2C)c(OC)c1OC. The van der Waals surface area contributed by atoms with Gasteiger partial charge in [-0.1, -0.05) is 0 Å². The normalized spacial score (nSPS) is 10.3. The van der Waals surface area contributed by atoms with Crippen LogP contribution in [0.4, 0.5) is 0 Å². The topological polar surface area (TPSA) is 48.0 Å². The maximum Gasteiger partial charge on any atom is 0.257 e. The summed E-state index contributed by atoms with van der Waals surface area (Å²) in [6.07, 6.45) is 0. The summed E-state index contributed by atoms with van der Waals surface area (Å²) < 4.78 is 16.0. The molecule has 0 spiro atoms. The first kappa shape index (κ1) is 17.1. The third-order valence-electron chi connectivity index (χ3n) is 3.63. The van der Waals surface area contributed by atoms with Crippen molar-refractivity contribution in [1.82, 2.24) is 4.90 Å². The van der Waals surface area contributed by atoms with Gasteiger partial charge in [0.15, 0.2) is 11.5 Å². The van der Waals surface area contributed by atoms with E-state index in [4.69, 9.17) is 14.2 Å². The highest BCUT2D eigenvalue weighted by atomic mass is 32.1. The highest BCUT2D eigenvalue weighted by Gasteiger charge is 2.23. The van der Waals surface area contributed by atoms with Crippen molar-refractivity contribution in [1.29, 1.82) is 0 Å². The molecule has 0 bridgehead atoms. The molecule has 124 valence electrons. The van der Waals surface area contributed by atoms with Gasteiger partial charge in [-0.25, -0.2) is 0 Å². The van der Waals surface area contributed by atoms with Crippen LogP contribution >= 0.6 is 11.3 Å². The molecule has 5 nitrogen and oxygen atoms in total. The van der Waals surface area contributed by atoms with Gasteiger partial charge in [-0.3, -0.25) is 4.79 Å². The molecular formula is C17H21NO4S. The second-order valence-corrected chi connectivity index (χ2v) is 6.07. The molecule has 1 aromatic carbocycles. The monoisotopic (exact) mass is 335 g/mol. The average molecular weight is 335 g/mol. The van der Waals surface area contributed by atoms with Gasteiger partial charge < -0.3 is 19.1 Å². The van der Waals surface area contributed by atoms with Crippen molar-refractivity contribution in [2.24, 2.45) is 0 Å². The Labute approximate surface area is 140 Å². The zero-order valence-electron chi connectivity index (χ0n) is 14.0. The fourth-order valence-electron chi connectivity index (χ4n) is 2.33. The third kappa shape index (κ3) is 3.42. The van der Waals surface area contributed by atoms with E-state index in [0.717, 1.165) is 0 Å². The Balaban J connectivity index is 2.33. The molecule has 0 atom stereocenters. The van der Waals surface area contributed by atoms with E-state index in [0.29, 0.717) is 29.4 Å². The van der Waals surface area contributed by atoms with E-state index in [1.807, 2.05) is 12.3 Å². The van der Waals surface area contributed by atoms with Crippen molar-refractivity contribution < 1.29 is 19.0 Å². The number of carbonyl (C=O) groups excluding carboxylic acids is 1. The Kier molecular flexibility index (Phi) is 5.50. The number of carbonyl (C=O) groups is 1. The summed E-state index contributed by atoms with van der Waals surface area (Å²) in [5, 5.41) is 2.03. The van der Waals surface area contributed by atoms with Gasteiger partial charge in [0, 0.05) is 11.9 Å². The Bertz CT molecular complexity index is 696. The van der Waals surface area contributed by atoms with Crippen LogP contribution in [0.1, 0.15) is 20.8 Å². The summed E-state index contributed by atoms with van der Waals surface area (Å²) in [5.41, 5.74) is 1.63. The molecule has 0 aliphatic carbocycles. The van der Waals surface area contributed by atoms with Crippen LogP contribution in [-0.4, -0.2) is 39.2 Å². The Morgan fingerprint density at radius 1 is 1.09 bits per heavy atom. The lowest BCUT2D eigenvalue weighted by Crippen LogP contribution is -2.26. The van der Waals surface area contributed by atoms with Crippen molar-refractivity contribution in [3.63, 3.8) is 0 Å². The van der Waals surface area contributed by atoms with Crippen LogP contribution in [0.5, 0.6) is 17.2 Å². The van der Waals surface area contributed by atoms with E-state index < -0.39 is 0 Å². The summed E-state index contributed by atoms with van der Waals surface area (Å²) in [5.74, 6) is 1.20. The lowest BCUT2D eigenvalue weighted by molar-refractivity contribution is 0.0782. The Morgan fingerprint density at radius 2 is 1.78 bits per heavy atom. The van der Waals surface area contributed by atoms with Crippen LogP contribution < -0.4 is 14.2 Å². The number of benzene rings is 1. The van der Waals surface area contributed by atoms with Gasteiger partial charge in [-0.15, -0.1) is 11.3 Å². The van der Waals surface area contributed by atoms with Gasteiger partial charge in [0.1, 0.15) is 0 Å². The third-order valence-corrected chi connectivity index (χ3v) is 4.64. The number of aryl methyl sites for hydroxylation is 1. The first-order valence-corrected chi connectivity index (χ1v) is 7.98. The van der Waals surface area contributed by atoms with Crippen molar-refractivity contribution in [2.45, 2.75) is 13.5 Å². The Morgan fingerprint density at radius 3 is 2.30 bits per heavy atom. The smallest absolute Gasteiger partial charge is 0.257 e. The van der Waals surface area contributed by atoms with E-state index in [2.05, 4.69) is 6.07 Å². The number of methoxy groups -OCH3 is 3. The number of rotatable bonds is 6. The van der Waals surface area contributed by atoms with Crippen molar-refractivity contribution >= 4 is 17.2 Å². The van der Waals surface area contributed by atoms with Gasteiger partial charge in [0.2, 0.25) is 5.75 Å². The Hall–Kier alpha value is -2.21. The molecule has 0 radical (unpaired) electrons. The lowest BCUT2D eigenvalue weighted by atomic mass is 10.1. The van der Waals surface area contributed by atoms with Crippen molar-refractivity contribution in [3.8, 4) is 17.2 Å². The molecule has 0 saturated heterocycles. The predicted molar refractivity (Wildman–Crippen MR) is 91.0 cm³/mol. The van der Waals surface area contributed by atoms with Crippen LogP contribution in [0.2, 0.25) is 0 Å². The minimum atomic E-state index is -0.129. The maximum atomic E-state index is 12.8. The zero-order valence-corrected chi connectivity index (χ0v) is 14.8. The summed E-state index contributed by atoms with van der Waals surface area (Å²) in [6, 6.07) is 5.45. The molecule has 1 amide bonds. The molecule has 0 N–H and O–H groups in total. The van der Waals surface area contributed by atoms with Crippen LogP contribution in [0.25, 0.3) is 0 Å². The average Bonchev–Trinajstić information content (AvgIpc) is 2.97. The molecule has 2 aromatic rings. The molecular weight excluding hydrogens is 314 g/mol. The van der Waals surface area contributed by atoms with Crippen LogP contribution in [0.3, 0.4) is 0 Å². The summed E-state index contributed by atoms with van der Waals surface area (Å²) in [4.78, 5) is 15.6. The molecule has 0 unspecified atom stereocenters. The standard InChI is InChI=1S/C17H21NO4S/c1-11-8-9-23-14(11)10-18(2)17(19)12-6-7-13(20-3)16(22-5)15(12)21-4/h6-9H,10H2,1-5H3. The fraction of sp³-hybridized carbons (Fsp3) is 0.353. The largest absolute Gasteiger partial charge is 0.493 e. The second-order valence-electron chi connectivity index (χ2n) is 5.07. The van der Waals surface area contributed by atoms with Crippen LogP contribution in [0.15, 0.2) is 23.6 Å². The van der Waals surface area contributed by atoms with E-state index in [1.54, 1.807) is 42.5 Å². The number of thiophene rings is 1. The van der Waals surface area contributed by atoms with E-state index in [1.165, 1.54) is 24.7 Å². The minimum Gasteiger partial charge on any atom is -0.493 e. The van der Waals surface area contributed by atoms with Crippen molar-refractivity contribution in [3.05, 3.63) is 39.6 Å². The quantitative estimate of drug-likeness (QED) is 0.812. The van der Waals surface area contributed by atoms with Crippen LogP contribution in [-0.2, 0) is 6.54 Å². The van der Waals surface area contributed by atoms with Gasteiger partial charge in [0.05, 0.1) is 33.4 Å². The van der Waals surface area contributed by atoms with Gasteiger partial charge in [0.25, 0.3) is 5.91 Å². The number of hydrogen-bond acceptors (Lipinski definition) is 5. The summed E-state index contributed by atoms with van der Waals surface area (Å²) in [6.45, 7) is 2.60. The van der Waals surface area contributed by atoms with Gasteiger partial charge >= 0.3 is 0 Å². The molecule has 0 saturated carbocycles. The van der Waals surface area contributed by atoms with E-state index in [9.17, 15) is 4.79 Å². The van der Waals surface area contributed by atoms with Gasteiger partial charge in [-0.2, -0.15) is 0 Å². The first-order valence-electron chi connectivity index (χ1n) is 7.10. The molecule has 1 heterocycles. The number of hydrogen-bond donors (Lipinski definition) is 0. The molecule has 0 aliphatic heterocycles. The minimum absolute atomic E-state index is 0.129. The lowest BCUT2D eigenvalue weighted by Gasteiger charge is -2.20. The summed E-state index contributed by atoms with van der Waals surface area (Å²) >= 11 is 1.64. The van der Waals surface area contributed by atoms with Crippen molar-refractivity contribution in [2.75, 3.05) is 28.4 Å². The van der Waals surface area contributed by atoms with Crippen LogP contribution in [0, 0.1) is 6.92 Å². The highest BCUT2D eigenvalue weighted by molar-refractivity contribution is 7.10. The highest BCUT2D eigenvalue weighted by Crippen LogP contribution is 2.40. The molecule has 6 heteroatoms. The first-order chi connectivity index (χ1) is 11.0. The zero-order chi connectivity index (χ0) is 17.0. The van der Waals surface area contributed by atoms with E-state index >= 15 is 0 Å². The molecule has 0 aliphatic rings. The molecule has 1 aromatic heterocycles. The van der Waals surface area contributed by atoms with E-state index in [-0.39, 0.29) is 5.91 Å².